The third kappa shape index (κ3) is 3.02. The molecule has 0 amide bonds. The molecule has 5 nitrogen and oxygen atoms in total. The Hall–Kier alpha value is -1.60. The van der Waals surface area contributed by atoms with Crippen molar-refractivity contribution < 1.29 is 18.3 Å². The molecule has 1 aliphatic heterocycles. The summed E-state index contributed by atoms with van der Waals surface area (Å²) in [4.78, 5) is 11.0. The lowest BCUT2D eigenvalue weighted by Gasteiger charge is -2.28. The molecule has 0 aliphatic carbocycles. The van der Waals surface area contributed by atoms with Gasteiger partial charge in [0.1, 0.15) is 4.90 Å². The van der Waals surface area contributed by atoms with Gasteiger partial charge in [0, 0.05) is 13.1 Å². The van der Waals surface area contributed by atoms with Crippen molar-refractivity contribution in [1.82, 2.24) is 4.31 Å². The van der Waals surface area contributed by atoms with Gasteiger partial charge in [-0.25, -0.2) is 13.2 Å². The van der Waals surface area contributed by atoms with Crippen molar-refractivity contribution >= 4 is 39.2 Å². The Morgan fingerprint density at radius 1 is 1.08 bits per heavy atom. The number of halogens is 2. The van der Waals surface area contributed by atoms with E-state index < -0.39 is 16.0 Å². The highest BCUT2D eigenvalue weighted by molar-refractivity contribution is 7.89. The molecular formula is C16H13Cl2NO4S. The van der Waals surface area contributed by atoms with Gasteiger partial charge in [0.25, 0.3) is 0 Å². The lowest BCUT2D eigenvalue weighted by molar-refractivity contribution is 0.0697. The summed E-state index contributed by atoms with van der Waals surface area (Å²) in [5.74, 6) is -1.31. The van der Waals surface area contributed by atoms with Gasteiger partial charge in [0.15, 0.2) is 0 Å². The Kier molecular flexibility index (Phi) is 4.57. The zero-order chi connectivity index (χ0) is 17.5. The van der Waals surface area contributed by atoms with E-state index in [1.54, 1.807) is 0 Å². The lowest BCUT2D eigenvalue weighted by atomic mass is 10.0. The Bertz CT molecular complexity index is 928. The quantitative estimate of drug-likeness (QED) is 0.877. The number of carboxylic acid groups (broad SMARTS) is 1. The summed E-state index contributed by atoms with van der Waals surface area (Å²) in [5, 5.41) is 8.96. The van der Waals surface area contributed by atoms with Crippen LogP contribution in [0.2, 0.25) is 10.0 Å². The van der Waals surface area contributed by atoms with Gasteiger partial charge in [-0.2, -0.15) is 4.31 Å². The smallest absolute Gasteiger partial charge is 0.337 e. The Morgan fingerprint density at radius 3 is 2.42 bits per heavy atom. The number of sulfonamides is 1. The van der Waals surface area contributed by atoms with E-state index in [0.29, 0.717) is 13.0 Å². The van der Waals surface area contributed by atoms with Gasteiger partial charge in [0.05, 0.1) is 15.6 Å². The predicted octanol–water partition coefficient (Wildman–Crippen LogP) is 3.44. The maximum absolute atomic E-state index is 12.9. The van der Waals surface area contributed by atoms with E-state index in [2.05, 4.69) is 0 Å². The topological polar surface area (TPSA) is 74.7 Å². The van der Waals surface area contributed by atoms with E-state index in [0.717, 1.165) is 23.3 Å². The molecule has 2 aromatic rings. The van der Waals surface area contributed by atoms with Gasteiger partial charge in [-0.1, -0.05) is 47.5 Å². The fourth-order valence-electron chi connectivity index (χ4n) is 2.70. The third-order valence-electron chi connectivity index (χ3n) is 3.97. The summed E-state index contributed by atoms with van der Waals surface area (Å²) in [6.45, 7) is 0.528. The summed E-state index contributed by atoms with van der Waals surface area (Å²) in [5.41, 5.74) is 1.74. The monoisotopic (exact) mass is 385 g/mol. The van der Waals surface area contributed by atoms with Crippen molar-refractivity contribution in [3.05, 3.63) is 63.1 Å². The van der Waals surface area contributed by atoms with Gasteiger partial charge in [0.2, 0.25) is 10.0 Å². The average Bonchev–Trinajstić information content (AvgIpc) is 2.53. The predicted molar refractivity (Wildman–Crippen MR) is 91.2 cm³/mol. The van der Waals surface area contributed by atoms with Crippen molar-refractivity contribution in [1.29, 1.82) is 0 Å². The highest BCUT2D eigenvalue weighted by Crippen LogP contribution is 2.32. The van der Waals surface area contributed by atoms with Gasteiger partial charge in [-0.05, 0) is 29.7 Å². The molecule has 1 N–H and O–H groups in total. The molecule has 126 valence electrons. The minimum absolute atomic E-state index is 0.0936. The number of carbonyl (C=O) groups is 1. The van der Waals surface area contributed by atoms with Gasteiger partial charge >= 0.3 is 5.97 Å². The molecule has 0 bridgehead atoms. The molecule has 0 saturated carbocycles. The van der Waals surface area contributed by atoms with Crippen molar-refractivity contribution in [2.24, 2.45) is 0 Å². The summed E-state index contributed by atoms with van der Waals surface area (Å²) < 4.78 is 27.1. The van der Waals surface area contributed by atoms with Gasteiger partial charge in [-0.3, -0.25) is 0 Å². The van der Waals surface area contributed by atoms with Crippen LogP contribution >= 0.6 is 23.2 Å². The highest BCUT2D eigenvalue weighted by atomic mass is 35.5. The molecule has 1 heterocycles. The minimum Gasteiger partial charge on any atom is -0.478 e. The SMILES string of the molecule is O=C(O)c1cc(S(=O)(=O)N2CCc3ccccc3C2)c(Cl)cc1Cl. The molecule has 8 heteroatoms. The average molecular weight is 386 g/mol. The van der Waals surface area contributed by atoms with E-state index in [9.17, 15) is 13.2 Å². The van der Waals surface area contributed by atoms with Crippen LogP contribution in [-0.4, -0.2) is 30.3 Å². The van der Waals surface area contributed by atoms with Crippen molar-refractivity contribution in [2.75, 3.05) is 6.54 Å². The Morgan fingerprint density at radius 2 is 1.75 bits per heavy atom. The van der Waals surface area contributed by atoms with Gasteiger partial charge in [-0.15, -0.1) is 0 Å². The molecule has 0 fully saturated rings. The van der Waals surface area contributed by atoms with Gasteiger partial charge < -0.3 is 5.11 Å². The second kappa shape index (κ2) is 6.37. The molecule has 0 unspecified atom stereocenters. The number of benzene rings is 2. The van der Waals surface area contributed by atoms with Crippen molar-refractivity contribution in [3.8, 4) is 0 Å². The fraction of sp³-hybridized carbons (Fsp3) is 0.188. The Balaban J connectivity index is 2.03. The second-order valence-corrected chi connectivity index (χ2v) is 8.15. The summed E-state index contributed by atoms with van der Waals surface area (Å²) >= 11 is 11.9. The van der Waals surface area contributed by atoms with E-state index >= 15 is 0 Å². The van der Waals surface area contributed by atoms with Crippen molar-refractivity contribution in [3.63, 3.8) is 0 Å². The molecule has 1 aliphatic rings. The zero-order valence-electron chi connectivity index (χ0n) is 12.4. The maximum Gasteiger partial charge on any atom is 0.337 e. The summed E-state index contributed by atoms with van der Waals surface area (Å²) in [7, 11) is -3.93. The lowest BCUT2D eigenvalue weighted by Crippen LogP contribution is -2.36. The molecule has 2 aromatic carbocycles. The first kappa shape index (κ1) is 17.2. The normalized spacial score (nSPS) is 15.1. The molecule has 0 spiro atoms. The maximum atomic E-state index is 12.9. The van der Waals surface area contributed by atoms with Crippen molar-refractivity contribution in [2.45, 2.75) is 17.9 Å². The number of aromatic carboxylic acids is 1. The van der Waals surface area contributed by atoms with Crippen LogP contribution in [0.1, 0.15) is 21.5 Å². The number of hydrogen-bond acceptors (Lipinski definition) is 3. The summed E-state index contributed by atoms with van der Waals surface area (Å²) in [6.07, 6.45) is 0.590. The van der Waals surface area contributed by atoms with Crippen LogP contribution in [0.25, 0.3) is 0 Å². The highest BCUT2D eigenvalue weighted by Gasteiger charge is 2.31. The second-order valence-electron chi connectivity index (χ2n) is 5.42. The summed E-state index contributed by atoms with van der Waals surface area (Å²) in [6, 6.07) is 9.78. The zero-order valence-corrected chi connectivity index (χ0v) is 14.7. The molecule has 0 aromatic heterocycles. The standard InChI is InChI=1S/C16H13Cl2NO4S/c17-13-8-14(18)15(7-12(13)16(20)21)24(22,23)19-6-5-10-3-1-2-4-11(10)9-19/h1-4,7-8H,5-6,9H2,(H,20,21). The van der Waals surface area contributed by atoms with Crippen LogP contribution in [0.3, 0.4) is 0 Å². The number of nitrogens with zero attached hydrogens (tertiary/aromatic N) is 1. The number of carboxylic acids is 1. The van der Waals surface area contributed by atoms with Crippen LogP contribution in [0, 0.1) is 0 Å². The van der Waals surface area contributed by atoms with Crippen LogP contribution < -0.4 is 0 Å². The molecule has 0 atom stereocenters. The first-order valence-corrected chi connectivity index (χ1v) is 9.29. The van der Waals surface area contributed by atoms with Crippen LogP contribution in [0.5, 0.6) is 0 Å². The third-order valence-corrected chi connectivity index (χ3v) is 6.59. The molecule has 0 radical (unpaired) electrons. The first-order chi connectivity index (χ1) is 11.3. The van der Waals surface area contributed by atoms with E-state index in [-0.39, 0.29) is 27.0 Å². The number of rotatable bonds is 3. The van der Waals surface area contributed by atoms with E-state index in [1.807, 2.05) is 24.3 Å². The van der Waals surface area contributed by atoms with Crippen LogP contribution in [0.4, 0.5) is 0 Å². The molecular weight excluding hydrogens is 373 g/mol. The molecule has 3 rings (SSSR count). The minimum atomic E-state index is -3.93. The number of fused-ring (bicyclic) bond motifs is 1. The van der Waals surface area contributed by atoms with E-state index in [4.69, 9.17) is 28.3 Å². The fourth-order valence-corrected chi connectivity index (χ4v) is 4.95. The molecule has 24 heavy (non-hydrogen) atoms. The van der Waals surface area contributed by atoms with Crippen LogP contribution in [-0.2, 0) is 23.0 Å². The number of hydrogen-bond donors (Lipinski definition) is 1. The largest absolute Gasteiger partial charge is 0.478 e. The Labute approximate surface area is 149 Å². The first-order valence-electron chi connectivity index (χ1n) is 7.10. The van der Waals surface area contributed by atoms with E-state index in [1.165, 1.54) is 4.31 Å². The molecule has 0 saturated heterocycles. The van der Waals surface area contributed by atoms with Crippen LogP contribution in [0.15, 0.2) is 41.3 Å².